The van der Waals surface area contributed by atoms with E-state index in [0.717, 1.165) is 10.9 Å². The summed E-state index contributed by atoms with van der Waals surface area (Å²) in [4.78, 5) is 22.5. The van der Waals surface area contributed by atoms with Crippen LogP contribution in [0.3, 0.4) is 0 Å². The SMILES string of the molecule is Cc1cc(=O)oc2cc(OC(=O)CCN)ccc12. The predicted octanol–water partition coefficient (Wildman–Crippen LogP) is 1.36. The molecule has 5 heteroatoms. The van der Waals surface area contributed by atoms with Crippen molar-refractivity contribution in [1.29, 1.82) is 0 Å². The number of carbonyl (C=O) groups excluding carboxylic acids is 1. The van der Waals surface area contributed by atoms with Crippen molar-refractivity contribution in [3.8, 4) is 5.75 Å². The molecule has 2 rings (SSSR count). The Labute approximate surface area is 103 Å². The number of nitrogens with two attached hydrogens (primary N) is 1. The lowest BCUT2D eigenvalue weighted by Gasteiger charge is -2.05. The van der Waals surface area contributed by atoms with Crippen molar-refractivity contribution >= 4 is 16.9 Å². The van der Waals surface area contributed by atoms with Gasteiger partial charge in [0.05, 0.1) is 6.42 Å². The number of esters is 1. The van der Waals surface area contributed by atoms with E-state index in [9.17, 15) is 9.59 Å². The van der Waals surface area contributed by atoms with Crippen molar-refractivity contribution in [2.75, 3.05) is 6.54 Å². The Balaban J connectivity index is 2.38. The van der Waals surface area contributed by atoms with Crippen LogP contribution in [0.15, 0.2) is 33.5 Å². The highest BCUT2D eigenvalue weighted by Crippen LogP contribution is 2.22. The summed E-state index contributed by atoms with van der Waals surface area (Å²) in [6, 6.07) is 6.35. The van der Waals surface area contributed by atoms with Crippen molar-refractivity contribution in [3.05, 3.63) is 40.2 Å². The number of ether oxygens (including phenoxy) is 1. The smallest absolute Gasteiger partial charge is 0.336 e. The molecule has 0 bridgehead atoms. The molecule has 0 atom stereocenters. The molecule has 5 nitrogen and oxygen atoms in total. The third kappa shape index (κ3) is 2.57. The Morgan fingerprint density at radius 2 is 2.17 bits per heavy atom. The van der Waals surface area contributed by atoms with Gasteiger partial charge in [-0.05, 0) is 24.6 Å². The van der Waals surface area contributed by atoms with E-state index in [-0.39, 0.29) is 13.0 Å². The molecule has 2 aromatic rings. The molecule has 1 aromatic heterocycles. The van der Waals surface area contributed by atoms with Gasteiger partial charge in [-0.2, -0.15) is 0 Å². The van der Waals surface area contributed by atoms with Gasteiger partial charge in [0.1, 0.15) is 11.3 Å². The zero-order chi connectivity index (χ0) is 13.1. The average Bonchev–Trinajstić information content (AvgIpc) is 2.28. The van der Waals surface area contributed by atoms with E-state index in [1.54, 1.807) is 12.1 Å². The molecular weight excluding hydrogens is 234 g/mol. The summed E-state index contributed by atoms with van der Waals surface area (Å²) in [5.74, 6) is -0.0680. The summed E-state index contributed by atoms with van der Waals surface area (Å²) in [5, 5.41) is 0.813. The second-order valence-electron chi connectivity index (χ2n) is 3.92. The number of hydrogen-bond acceptors (Lipinski definition) is 5. The Bertz CT molecular complexity index is 645. The van der Waals surface area contributed by atoms with E-state index in [0.29, 0.717) is 11.3 Å². The van der Waals surface area contributed by atoms with E-state index in [1.807, 2.05) is 6.92 Å². The molecule has 1 heterocycles. The minimum Gasteiger partial charge on any atom is -0.426 e. The molecule has 1 aromatic carbocycles. The predicted molar refractivity (Wildman–Crippen MR) is 66.5 cm³/mol. The van der Waals surface area contributed by atoms with Crippen molar-refractivity contribution in [3.63, 3.8) is 0 Å². The molecule has 0 unspecified atom stereocenters. The summed E-state index contributed by atoms with van der Waals surface area (Å²) in [6.07, 6.45) is 0.149. The van der Waals surface area contributed by atoms with Crippen molar-refractivity contribution in [2.45, 2.75) is 13.3 Å². The molecule has 0 radical (unpaired) electrons. The van der Waals surface area contributed by atoms with Crippen LogP contribution < -0.4 is 16.1 Å². The first-order valence-electron chi connectivity index (χ1n) is 5.55. The Morgan fingerprint density at radius 1 is 1.39 bits per heavy atom. The maximum atomic E-state index is 11.3. The molecule has 0 aliphatic carbocycles. The van der Waals surface area contributed by atoms with Crippen LogP contribution in [0.5, 0.6) is 5.75 Å². The molecule has 0 saturated carbocycles. The number of carbonyl (C=O) groups is 1. The van der Waals surface area contributed by atoms with Gasteiger partial charge in [-0.1, -0.05) is 0 Å². The van der Waals surface area contributed by atoms with Crippen LogP contribution in [-0.2, 0) is 4.79 Å². The molecule has 0 aliphatic rings. The van der Waals surface area contributed by atoms with Gasteiger partial charge in [0.25, 0.3) is 0 Å². The maximum absolute atomic E-state index is 11.3. The topological polar surface area (TPSA) is 82.5 Å². The van der Waals surface area contributed by atoms with Gasteiger partial charge in [-0.15, -0.1) is 0 Å². The van der Waals surface area contributed by atoms with Gasteiger partial charge >= 0.3 is 11.6 Å². The monoisotopic (exact) mass is 247 g/mol. The summed E-state index contributed by atoms with van der Waals surface area (Å²) < 4.78 is 10.1. The van der Waals surface area contributed by atoms with E-state index in [4.69, 9.17) is 14.9 Å². The lowest BCUT2D eigenvalue weighted by atomic mass is 10.1. The zero-order valence-electron chi connectivity index (χ0n) is 9.93. The second kappa shape index (κ2) is 5.01. The van der Waals surface area contributed by atoms with Gasteiger partial charge < -0.3 is 14.9 Å². The highest BCUT2D eigenvalue weighted by molar-refractivity contribution is 5.82. The first-order chi connectivity index (χ1) is 8.60. The van der Waals surface area contributed by atoms with Crippen LogP contribution >= 0.6 is 0 Å². The fourth-order valence-electron chi connectivity index (χ4n) is 1.67. The number of rotatable bonds is 3. The van der Waals surface area contributed by atoms with Crippen molar-refractivity contribution in [1.82, 2.24) is 0 Å². The summed E-state index contributed by atoms with van der Waals surface area (Å²) in [5.41, 5.74) is 6.05. The molecule has 18 heavy (non-hydrogen) atoms. The van der Waals surface area contributed by atoms with Crippen LogP contribution in [0, 0.1) is 6.92 Å². The fourth-order valence-corrected chi connectivity index (χ4v) is 1.67. The third-order valence-electron chi connectivity index (χ3n) is 2.50. The normalized spacial score (nSPS) is 10.6. The lowest BCUT2D eigenvalue weighted by Crippen LogP contribution is -2.13. The number of aryl methyl sites for hydroxylation is 1. The molecule has 2 N–H and O–H groups in total. The van der Waals surface area contributed by atoms with Gasteiger partial charge in [0.15, 0.2) is 0 Å². The quantitative estimate of drug-likeness (QED) is 0.503. The van der Waals surface area contributed by atoms with Crippen LogP contribution in [0.1, 0.15) is 12.0 Å². The molecule has 94 valence electrons. The van der Waals surface area contributed by atoms with Crippen LogP contribution in [0.25, 0.3) is 11.0 Å². The minimum absolute atomic E-state index is 0.149. The Hall–Kier alpha value is -2.14. The van der Waals surface area contributed by atoms with Gasteiger partial charge in [-0.25, -0.2) is 4.79 Å². The fraction of sp³-hybridized carbons (Fsp3) is 0.231. The molecule has 0 aliphatic heterocycles. The zero-order valence-corrected chi connectivity index (χ0v) is 9.93. The standard InChI is InChI=1S/C13H13NO4/c1-8-6-13(16)18-11-7-9(2-3-10(8)11)17-12(15)4-5-14/h2-3,6-7H,4-5,14H2,1H3. The van der Waals surface area contributed by atoms with E-state index < -0.39 is 11.6 Å². The number of fused-ring (bicyclic) bond motifs is 1. The van der Waals surface area contributed by atoms with Gasteiger partial charge in [-0.3, -0.25) is 4.79 Å². The number of hydrogen-bond donors (Lipinski definition) is 1. The Kier molecular flexibility index (Phi) is 3.43. The largest absolute Gasteiger partial charge is 0.426 e. The van der Waals surface area contributed by atoms with E-state index in [2.05, 4.69) is 0 Å². The van der Waals surface area contributed by atoms with E-state index >= 15 is 0 Å². The minimum atomic E-state index is -0.426. The summed E-state index contributed by atoms with van der Waals surface area (Å²) >= 11 is 0. The average molecular weight is 247 g/mol. The molecule has 0 fully saturated rings. The van der Waals surface area contributed by atoms with Gasteiger partial charge in [0.2, 0.25) is 0 Å². The number of benzene rings is 1. The molecule has 0 saturated heterocycles. The van der Waals surface area contributed by atoms with Crippen molar-refractivity contribution < 1.29 is 13.9 Å². The molecule has 0 spiro atoms. The van der Waals surface area contributed by atoms with Crippen molar-refractivity contribution in [2.24, 2.45) is 5.73 Å². The Morgan fingerprint density at radius 3 is 2.89 bits per heavy atom. The summed E-state index contributed by atoms with van der Waals surface area (Å²) in [6.45, 7) is 2.06. The second-order valence-corrected chi connectivity index (χ2v) is 3.92. The molecular formula is C13H13NO4. The van der Waals surface area contributed by atoms with Gasteiger partial charge in [0, 0.05) is 24.1 Å². The van der Waals surface area contributed by atoms with E-state index in [1.165, 1.54) is 12.1 Å². The first kappa shape index (κ1) is 12.3. The third-order valence-corrected chi connectivity index (χ3v) is 2.50. The summed E-state index contributed by atoms with van der Waals surface area (Å²) in [7, 11) is 0. The van der Waals surface area contributed by atoms with Crippen LogP contribution in [-0.4, -0.2) is 12.5 Å². The van der Waals surface area contributed by atoms with Crippen LogP contribution in [0.4, 0.5) is 0 Å². The lowest BCUT2D eigenvalue weighted by molar-refractivity contribution is -0.134. The molecule has 0 amide bonds. The van der Waals surface area contributed by atoms with Crippen LogP contribution in [0.2, 0.25) is 0 Å². The first-order valence-corrected chi connectivity index (χ1v) is 5.55. The maximum Gasteiger partial charge on any atom is 0.336 e. The highest BCUT2D eigenvalue weighted by atomic mass is 16.5. The highest BCUT2D eigenvalue weighted by Gasteiger charge is 2.07.